The number of thiazole rings is 1. The van der Waals surface area contributed by atoms with Gasteiger partial charge in [-0.2, -0.15) is 0 Å². The number of aryl methyl sites for hydroxylation is 1. The lowest BCUT2D eigenvalue weighted by molar-refractivity contribution is -0.136. The molecule has 3 nitrogen and oxygen atoms in total. The zero-order chi connectivity index (χ0) is 14.0. The quantitative estimate of drug-likeness (QED) is 0.921. The molecule has 2 aromatic rings. The van der Waals surface area contributed by atoms with E-state index in [1.165, 1.54) is 16.9 Å². The van der Waals surface area contributed by atoms with Crippen LogP contribution in [-0.2, 0) is 11.2 Å². The number of carboxylic acids is 1. The number of benzene rings is 1. The van der Waals surface area contributed by atoms with Gasteiger partial charge in [0.1, 0.15) is 5.01 Å². The van der Waals surface area contributed by atoms with Crippen LogP contribution in [0.3, 0.4) is 0 Å². The van der Waals surface area contributed by atoms with Gasteiger partial charge in [-0.05, 0) is 18.9 Å². The zero-order valence-electron chi connectivity index (χ0n) is 11.3. The summed E-state index contributed by atoms with van der Waals surface area (Å²) in [6.07, 6.45) is 0.0526. The summed E-state index contributed by atoms with van der Waals surface area (Å²) >= 11 is 1.49. The number of hydrogen-bond donors (Lipinski definition) is 1. The van der Waals surface area contributed by atoms with E-state index in [9.17, 15) is 4.79 Å². The molecule has 0 aliphatic heterocycles. The van der Waals surface area contributed by atoms with E-state index >= 15 is 0 Å². The van der Waals surface area contributed by atoms with Crippen molar-refractivity contribution in [3.05, 3.63) is 40.4 Å². The van der Waals surface area contributed by atoms with Crippen LogP contribution in [0.2, 0.25) is 0 Å². The molecule has 0 bridgehead atoms. The number of carboxylic acid groups (broad SMARTS) is 1. The summed E-state index contributed by atoms with van der Waals surface area (Å²) in [6, 6.07) is 8.13. The minimum atomic E-state index is -0.804. The predicted octanol–water partition coefficient (Wildman–Crippen LogP) is 3.87. The Bertz CT molecular complexity index is 602. The van der Waals surface area contributed by atoms with Crippen LogP contribution in [0.1, 0.15) is 35.9 Å². The van der Waals surface area contributed by atoms with Gasteiger partial charge in [0.2, 0.25) is 0 Å². The monoisotopic (exact) mass is 275 g/mol. The van der Waals surface area contributed by atoms with Crippen LogP contribution < -0.4 is 0 Å². The molecular weight excluding hydrogens is 258 g/mol. The van der Waals surface area contributed by atoms with Gasteiger partial charge in [0, 0.05) is 10.4 Å². The molecule has 1 heterocycles. The molecule has 0 radical (unpaired) electrons. The van der Waals surface area contributed by atoms with Crippen LogP contribution in [0.15, 0.2) is 24.3 Å². The van der Waals surface area contributed by atoms with Crippen molar-refractivity contribution in [3.8, 4) is 10.6 Å². The number of hydrogen-bond acceptors (Lipinski definition) is 3. The van der Waals surface area contributed by atoms with Crippen molar-refractivity contribution in [2.24, 2.45) is 0 Å². The van der Waals surface area contributed by atoms with Crippen molar-refractivity contribution in [1.29, 1.82) is 0 Å². The Morgan fingerprint density at radius 2 is 2.16 bits per heavy atom. The van der Waals surface area contributed by atoms with Gasteiger partial charge < -0.3 is 5.11 Å². The summed E-state index contributed by atoms with van der Waals surface area (Å²) in [5.41, 5.74) is 3.14. The molecule has 1 N–H and O–H groups in total. The summed E-state index contributed by atoms with van der Waals surface area (Å²) in [5.74, 6) is -0.564. The number of rotatable bonds is 4. The van der Waals surface area contributed by atoms with Crippen LogP contribution in [-0.4, -0.2) is 16.1 Å². The molecule has 0 saturated heterocycles. The fourth-order valence-corrected chi connectivity index (χ4v) is 3.18. The van der Waals surface area contributed by atoms with E-state index in [0.717, 1.165) is 21.1 Å². The fourth-order valence-electron chi connectivity index (χ4n) is 1.98. The normalized spacial score (nSPS) is 10.9. The van der Waals surface area contributed by atoms with E-state index in [-0.39, 0.29) is 12.3 Å². The maximum absolute atomic E-state index is 10.9. The Balaban J connectivity index is 2.45. The average molecular weight is 275 g/mol. The molecule has 0 amide bonds. The van der Waals surface area contributed by atoms with E-state index in [1.807, 2.05) is 39.0 Å². The zero-order valence-corrected chi connectivity index (χ0v) is 12.1. The second-order valence-electron chi connectivity index (χ2n) is 4.92. The van der Waals surface area contributed by atoms with Crippen LogP contribution in [0.25, 0.3) is 10.6 Å². The van der Waals surface area contributed by atoms with Gasteiger partial charge in [-0.3, -0.25) is 4.79 Å². The summed E-state index contributed by atoms with van der Waals surface area (Å²) in [4.78, 5) is 16.4. The highest BCUT2D eigenvalue weighted by molar-refractivity contribution is 7.15. The molecular formula is C15H17NO2S. The van der Waals surface area contributed by atoms with Gasteiger partial charge in [-0.15, -0.1) is 11.3 Å². The van der Waals surface area contributed by atoms with Gasteiger partial charge in [0.15, 0.2) is 0 Å². The minimum absolute atomic E-state index is 0.0526. The Hall–Kier alpha value is -1.68. The van der Waals surface area contributed by atoms with E-state index in [2.05, 4.69) is 11.1 Å². The molecule has 0 saturated carbocycles. The first-order chi connectivity index (χ1) is 8.97. The lowest BCUT2D eigenvalue weighted by Gasteiger charge is -2.02. The molecule has 2 rings (SSSR count). The smallest absolute Gasteiger partial charge is 0.308 e. The van der Waals surface area contributed by atoms with Crippen molar-refractivity contribution >= 4 is 17.3 Å². The van der Waals surface area contributed by atoms with Crippen molar-refractivity contribution in [2.75, 3.05) is 0 Å². The third kappa shape index (κ3) is 3.20. The van der Waals surface area contributed by atoms with Crippen LogP contribution in [0, 0.1) is 6.92 Å². The highest BCUT2D eigenvalue weighted by Gasteiger charge is 2.17. The second kappa shape index (κ2) is 5.53. The molecule has 0 fully saturated rings. The van der Waals surface area contributed by atoms with E-state index < -0.39 is 5.97 Å². The number of carbonyl (C=O) groups is 1. The van der Waals surface area contributed by atoms with Gasteiger partial charge in [-0.25, -0.2) is 4.98 Å². The third-order valence-corrected chi connectivity index (χ3v) is 3.97. The molecule has 0 unspecified atom stereocenters. The molecule has 1 aromatic heterocycles. The maximum atomic E-state index is 10.9. The minimum Gasteiger partial charge on any atom is -0.481 e. The topological polar surface area (TPSA) is 50.2 Å². The van der Waals surface area contributed by atoms with Crippen molar-refractivity contribution < 1.29 is 9.90 Å². The largest absolute Gasteiger partial charge is 0.481 e. The fraction of sp³-hybridized carbons (Fsp3) is 0.333. The van der Waals surface area contributed by atoms with Crippen LogP contribution >= 0.6 is 11.3 Å². The summed E-state index contributed by atoms with van der Waals surface area (Å²) in [7, 11) is 0. The first-order valence-electron chi connectivity index (χ1n) is 6.26. The summed E-state index contributed by atoms with van der Waals surface area (Å²) in [6.45, 7) is 6.12. The van der Waals surface area contributed by atoms with Gasteiger partial charge in [0.25, 0.3) is 0 Å². The van der Waals surface area contributed by atoms with E-state index in [1.54, 1.807) is 0 Å². The molecule has 100 valence electrons. The highest BCUT2D eigenvalue weighted by atomic mass is 32.1. The third-order valence-electron chi connectivity index (χ3n) is 2.85. The number of aromatic nitrogens is 1. The van der Waals surface area contributed by atoms with Gasteiger partial charge >= 0.3 is 5.97 Å². The average Bonchev–Trinajstić information content (AvgIpc) is 2.72. The lowest BCUT2D eigenvalue weighted by Crippen LogP contribution is -2.02. The maximum Gasteiger partial charge on any atom is 0.308 e. The molecule has 0 aliphatic carbocycles. The lowest BCUT2D eigenvalue weighted by atomic mass is 10.1. The van der Waals surface area contributed by atoms with E-state index in [4.69, 9.17) is 5.11 Å². The number of nitrogens with zero attached hydrogens (tertiary/aromatic N) is 1. The van der Waals surface area contributed by atoms with Gasteiger partial charge in [0.05, 0.1) is 12.1 Å². The molecule has 19 heavy (non-hydrogen) atoms. The summed E-state index contributed by atoms with van der Waals surface area (Å²) < 4.78 is 0. The summed E-state index contributed by atoms with van der Waals surface area (Å²) in [5, 5.41) is 9.88. The highest BCUT2D eigenvalue weighted by Crippen LogP contribution is 2.32. The van der Waals surface area contributed by atoms with Crippen LogP contribution in [0.5, 0.6) is 0 Å². The molecule has 0 atom stereocenters. The molecule has 0 spiro atoms. The van der Waals surface area contributed by atoms with Crippen LogP contribution in [0.4, 0.5) is 0 Å². The van der Waals surface area contributed by atoms with E-state index in [0.29, 0.717) is 0 Å². The molecule has 0 aliphatic rings. The SMILES string of the molecule is Cc1cccc(-c2nc(C(C)C)c(CC(=O)O)s2)c1. The van der Waals surface area contributed by atoms with Crippen molar-refractivity contribution in [3.63, 3.8) is 0 Å². The Morgan fingerprint density at radius 3 is 2.74 bits per heavy atom. The van der Waals surface area contributed by atoms with Gasteiger partial charge in [-0.1, -0.05) is 37.6 Å². The Labute approximate surface area is 116 Å². The Morgan fingerprint density at radius 1 is 1.42 bits per heavy atom. The predicted molar refractivity (Wildman–Crippen MR) is 77.7 cm³/mol. The first-order valence-corrected chi connectivity index (χ1v) is 7.07. The molecule has 4 heteroatoms. The van der Waals surface area contributed by atoms with Crippen molar-refractivity contribution in [2.45, 2.75) is 33.1 Å². The second-order valence-corrected chi connectivity index (χ2v) is 6.01. The molecule has 1 aromatic carbocycles. The number of aliphatic carboxylic acids is 1. The Kier molecular flexibility index (Phi) is 4.00. The standard InChI is InChI=1S/C15H17NO2S/c1-9(2)14-12(8-13(17)18)19-15(16-14)11-6-4-5-10(3)7-11/h4-7,9H,8H2,1-3H3,(H,17,18). The van der Waals surface area contributed by atoms with Crippen molar-refractivity contribution in [1.82, 2.24) is 4.98 Å². The first kappa shape index (κ1) is 13.7.